The lowest BCUT2D eigenvalue weighted by Crippen LogP contribution is -1.96. The fourth-order valence-corrected chi connectivity index (χ4v) is 22.0. The van der Waals surface area contributed by atoms with E-state index in [1.54, 1.807) is 0 Å². The number of fused-ring (bicyclic) bond motifs is 14. The van der Waals surface area contributed by atoms with Crippen LogP contribution < -0.4 is 0 Å². The highest BCUT2D eigenvalue weighted by atomic mass is 32.1. The van der Waals surface area contributed by atoms with Crippen molar-refractivity contribution >= 4 is 118 Å². The molecule has 0 radical (unpaired) electrons. The van der Waals surface area contributed by atoms with E-state index in [9.17, 15) is 0 Å². The topological polar surface area (TPSA) is 104 Å². The summed E-state index contributed by atoms with van der Waals surface area (Å²) >= 11 is 1.82. The monoisotopic (exact) mass is 1870 g/mol. The van der Waals surface area contributed by atoms with Crippen molar-refractivity contribution in [1.29, 1.82) is 0 Å². The van der Waals surface area contributed by atoms with Crippen LogP contribution in [0.4, 0.5) is 0 Å². The molecule has 9 heteroatoms. The van der Waals surface area contributed by atoms with E-state index < -0.39 is 0 Å². The van der Waals surface area contributed by atoms with Gasteiger partial charge in [0.25, 0.3) is 0 Å². The van der Waals surface area contributed by atoms with Crippen LogP contribution in [-0.4, -0.2) is 29.9 Å². The fraction of sp³-hybridized carbons (Fsp3) is 0. The standard InChI is InChI=1S/C48H30N2O.C44H28N2O.C44H28N2S/c1-3-13-33(14-4-1)43-30-44(34-15-5-2-6-16-34)50-48(49-43)41-28-27-37(46-40-21-11-12-22-45(40)51-47(41)46)31-23-25-32(26-24-31)42-29-35-17-7-8-18-36(35)38-19-9-10-20-39(38)42;2*1-3-13-32(14-4-1)39-28-40(33-15-5-2-6-16-33)46-44(45-39)38-27-26-36(42-37-19-9-10-21-41(37)47-43(38)42)31-24-22-30(23-25-31)35-20-11-17-29-12-7-8-18-34(29)35/h1-30H;2*1-28H. The molecule has 28 aromatic rings. The molecule has 0 aliphatic heterocycles. The van der Waals surface area contributed by atoms with Crippen molar-refractivity contribution in [1.82, 2.24) is 29.9 Å². The molecule has 0 aliphatic carbocycles. The average molecular weight is 1870 g/mol. The highest BCUT2D eigenvalue weighted by Gasteiger charge is 2.26. The fourth-order valence-electron chi connectivity index (χ4n) is 20.7. The van der Waals surface area contributed by atoms with Crippen LogP contribution in [0.3, 0.4) is 0 Å². The van der Waals surface area contributed by atoms with Crippen molar-refractivity contribution < 1.29 is 8.83 Å². The second kappa shape index (κ2) is 37.6. The average Bonchev–Trinajstić information content (AvgIpc) is 1.55. The normalized spacial score (nSPS) is 11.4. The summed E-state index contributed by atoms with van der Waals surface area (Å²) in [5.74, 6) is 2.00. The number of benzene rings is 22. The number of furan rings is 2. The molecule has 0 saturated heterocycles. The molecule has 22 aromatic carbocycles. The molecule has 145 heavy (non-hydrogen) atoms. The minimum atomic E-state index is 0.629. The van der Waals surface area contributed by atoms with Crippen molar-refractivity contribution in [2.45, 2.75) is 0 Å². The summed E-state index contributed by atoms with van der Waals surface area (Å²) in [6.45, 7) is 0. The van der Waals surface area contributed by atoms with E-state index in [4.69, 9.17) is 38.7 Å². The zero-order chi connectivity index (χ0) is 96.0. The molecule has 6 heterocycles. The highest BCUT2D eigenvalue weighted by molar-refractivity contribution is 7.26. The molecule has 6 aromatic heterocycles. The second-order valence-electron chi connectivity index (χ2n) is 36.4. The molecular formula is C136H86N6O2S. The van der Waals surface area contributed by atoms with Gasteiger partial charge in [-0.1, -0.05) is 461 Å². The predicted molar refractivity (Wildman–Crippen MR) is 605 cm³/mol. The zero-order valence-electron chi connectivity index (χ0n) is 78.6. The Labute approximate surface area is 841 Å². The number of thiophene rings is 1. The molecule has 0 bridgehead atoms. The first kappa shape index (κ1) is 86.3. The van der Waals surface area contributed by atoms with Crippen LogP contribution in [0, 0.1) is 0 Å². The van der Waals surface area contributed by atoms with Crippen molar-refractivity contribution in [3.8, 4) is 168 Å². The van der Waals surface area contributed by atoms with E-state index in [1.807, 2.05) is 121 Å². The smallest absolute Gasteiger partial charge is 0.164 e. The third kappa shape index (κ3) is 16.4. The van der Waals surface area contributed by atoms with Gasteiger partial charge in [-0.2, -0.15) is 0 Å². The third-order valence-corrected chi connectivity index (χ3v) is 29.0. The number of rotatable bonds is 15. The van der Waals surface area contributed by atoms with E-state index in [2.05, 4.69) is 413 Å². The van der Waals surface area contributed by atoms with Gasteiger partial charge in [-0.3, -0.25) is 0 Å². The van der Waals surface area contributed by atoms with Gasteiger partial charge in [0.15, 0.2) is 17.5 Å². The summed E-state index contributed by atoms with van der Waals surface area (Å²) in [7, 11) is 0. The van der Waals surface area contributed by atoms with Gasteiger partial charge in [-0.25, -0.2) is 29.9 Å². The molecule has 0 spiro atoms. The van der Waals surface area contributed by atoms with Crippen LogP contribution in [0.1, 0.15) is 0 Å². The van der Waals surface area contributed by atoms with Crippen LogP contribution in [0.2, 0.25) is 0 Å². The van der Waals surface area contributed by atoms with Gasteiger partial charge in [0.1, 0.15) is 22.3 Å². The number of nitrogens with zero attached hydrogens (tertiary/aromatic N) is 6. The third-order valence-electron chi connectivity index (χ3n) is 27.8. The Hall–Kier alpha value is -19.1. The lowest BCUT2D eigenvalue weighted by atomic mass is 9.91. The molecule has 678 valence electrons. The summed E-state index contributed by atoms with van der Waals surface area (Å²) in [6.07, 6.45) is 0. The first-order valence-corrected chi connectivity index (χ1v) is 49.7. The van der Waals surface area contributed by atoms with E-state index in [0.29, 0.717) is 11.6 Å². The number of aromatic nitrogens is 6. The van der Waals surface area contributed by atoms with Crippen molar-refractivity contribution in [2.24, 2.45) is 0 Å². The minimum absolute atomic E-state index is 0.629. The lowest BCUT2D eigenvalue weighted by molar-refractivity contribution is 0.669. The Morgan fingerprint density at radius 2 is 0.421 bits per heavy atom. The first-order chi connectivity index (χ1) is 71.9. The minimum Gasteiger partial charge on any atom is -0.455 e. The van der Waals surface area contributed by atoms with Crippen molar-refractivity contribution in [2.75, 3.05) is 0 Å². The SMILES string of the molecule is c1ccc(-c2cc(-c3ccccc3)nc(-c3ccc(-c4ccc(-c5cc6ccccc6c6ccccc56)cc4)c4c3oc3ccccc34)n2)cc1.c1ccc(-c2cc(-c3ccccc3)nc(-c3ccc(-c4ccc(-c5cccc6ccccc56)cc4)c4c3oc3ccccc34)n2)cc1.c1ccc(-c2cc(-c3ccccc3)nc(-c3ccc(-c4ccc(-c5cccc6ccccc56)cc4)c4c3sc3ccccc34)n2)cc1. The highest BCUT2D eigenvalue weighted by Crippen LogP contribution is 2.50. The lowest BCUT2D eigenvalue weighted by Gasteiger charge is -2.13. The summed E-state index contributed by atoms with van der Waals surface area (Å²) in [5, 5.41) is 16.8. The molecule has 0 saturated carbocycles. The first-order valence-electron chi connectivity index (χ1n) is 48.9. The summed E-state index contributed by atoms with van der Waals surface area (Å²) < 4.78 is 15.8. The van der Waals surface area contributed by atoms with Crippen molar-refractivity contribution in [3.63, 3.8) is 0 Å². The maximum Gasteiger partial charge on any atom is 0.164 e. The van der Waals surface area contributed by atoms with Gasteiger partial charge in [-0.15, -0.1) is 11.3 Å². The van der Waals surface area contributed by atoms with Crippen LogP contribution in [0.15, 0.2) is 531 Å². The van der Waals surface area contributed by atoms with Gasteiger partial charge in [0.05, 0.1) is 45.3 Å². The zero-order valence-corrected chi connectivity index (χ0v) is 79.4. The molecule has 28 rings (SSSR count). The Morgan fingerprint density at radius 3 is 0.807 bits per heavy atom. The molecule has 0 unspecified atom stereocenters. The second-order valence-corrected chi connectivity index (χ2v) is 37.5. The summed E-state index contributed by atoms with van der Waals surface area (Å²) in [5.41, 5.74) is 31.8. The van der Waals surface area contributed by atoms with Crippen LogP contribution >= 0.6 is 11.3 Å². The number of hydrogen-bond acceptors (Lipinski definition) is 9. The molecule has 0 fully saturated rings. The Bertz CT molecular complexity index is 9240. The summed E-state index contributed by atoms with van der Waals surface area (Å²) in [6, 6.07) is 183. The van der Waals surface area contributed by atoms with Crippen LogP contribution in [0.5, 0.6) is 0 Å². The van der Waals surface area contributed by atoms with Gasteiger partial charge in [0, 0.05) is 80.7 Å². The molecule has 0 aliphatic rings. The summed E-state index contributed by atoms with van der Waals surface area (Å²) in [4.78, 5) is 30.9. The number of para-hydroxylation sites is 2. The Kier molecular flexibility index (Phi) is 22.4. The Morgan fingerprint density at radius 1 is 0.152 bits per heavy atom. The molecule has 0 amide bonds. The van der Waals surface area contributed by atoms with E-state index in [-0.39, 0.29) is 0 Å². The van der Waals surface area contributed by atoms with Gasteiger partial charge >= 0.3 is 0 Å². The van der Waals surface area contributed by atoms with Crippen LogP contribution in [0.25, 0.3) is 276 Å². The van der Waals surface area contributed by atoms with Gasteiger partial charge < -0.3 is 8.83 Å². The van der Waals surface area contributed by atoms with E-state index in [1.165, 1.54) is 108 Å². The predicted octanol–water partition coefficient (Wildman–Crippen LogP) is 37.2. The van der Waals surface area contributed by atoms with Gasteiger partial charge in [0.2, 0.25) is 0 Å². The maximum absolute atomic E-state index is 6.69. The van der Waals surface area contributed by atoms with E-state index in [0.717, 1.165) is 156 Å². The van der Waals surface area contributed by atoms with E-state index >= 15 is 0 Å². The largest absolute Gasteiger partial charge is 0.455 e. The molecule has 0 N–H and O–H groups in total. The quantitative estimate of drug-likeness (QED) is 0.0935. The molecule has 0 atom stereocenters. The van der Waals surface area contributed by atoms with Gasteiger partial charge in [-0.05, 0) is 171 Å². The molecule has 8 nitrogen and oxygen atoms in total. The molecular weight excluding hydrogens is 1780 g/mol. The van der Waals surface area contributed by atoms with Crippen LogP contribution in [-0.2, 0) is 0 Å². The maximum atomic E-state index is 6.69. The Balaban J connectivity index is 0.000000111. The number of hydrogen-bond donors (Lipinski definition) is 0. The van der Waals surface area contributed by atoms with Crippen molar-refractivity contribution in [3.05, 3.63) is 522 Å².